The van der Waals surface area contributed by atoms with E-state index in [9.17, 15) is 13.2 Å². The lowest BCUT2D eigenvalue weighted by molar-refractivity contribution is 0.0490. The van der Waals surface area contributed by atoms with Crippen LogP contribution >= 0.6 is 12.6 Å². The van der Waals surface area contributed by atoms with Gasteiger partial charge < -0.3 is 9.47 Å². The van der Waals surface area contributed by atoms with Crippen LogP contribution in [0.5, 0.6) is 0 Å². The summed E-state index contributed by atoms with van der Waals surface area (Å²) in [6, 6.07) is 15.3. The van der Waals surface area contributed by atoms with Gasteiger partial charge in [0.2, 0.25) is 0 Å². The van der Waals surface area contributed by atoms with Gasteiger partial charge in [0.25, 0.3) is 0 Å². The molecule has 26 heavy (non-hydrogen) atoms. The summed E-state index contributed by atoms with van der Waals surface area (Å²) in [6.45, 7) is 2.01. The number of rotatable bonds is 4. The fraction of sp³-hybridized carbons (Fsp3) is 0.235. The molecule has 0 saturated heterocycles. The molecule has 0 spiro atoms. The van der Waals surface area contributed by atoms with Crippen molar-refractivity contribution in [3.8, 4) is 0 Å². The Kier molecular flexibility index (Phi) is 8.59. The average molecular weight is 400 g/mol. The molecule has 0 bridgehead atoms. The van der Waals surface area contributed by atoms with Gasteiger partial charge in [0.05, 0.1) is 14.2 Å². The Bertz CT molecular complexity index is 817. The van der Waals surface area contributed by atoms with Crippen LogP contribution < -0.4 is 0 Å². The first-order chi connectivity index (χ1) is 12.2. The standard InChI is InChI=1S/C16H16O3S.CH4O4S/c1-11-7-9-12(10-8-11)15(19-16(17)18-2)13-5-3-4-6-14(13)20;1-5-6(2,3)4/h3-10,15,20H,1-2H3;1H3,(H,2,3,4). The third kappa shape index (κ3) is 7.44. The molecule has 7 nitrogen and oxygen atoms in total. The van der Waals surface area contributed by atoms with Crippen LogP contribution in [-0.2, 0) is 24.1 Å². The van der Waals surface area contributed by atoms with E-state index in [0.29, 0.717) is 0 Å². The SMILES string of the molecule is COC(=O)OC(c1ccc(C)cc1)c1ccccc1S.COS(=O)(=O)O. The summed E-state index contributed by atoms with van der Waals surface area (Å²) in [5.41, 5.74) is 2.84. The summed E-state index contributed by atoms with van der Waals surface area (Å²) in [5, 5.41) is 0. The summed E-state index contributed by atoms with van der Waals surface area (Å²) in [6.07, 6.45) is -1.25. The van der Waals surface area contributed by atoms with E-state index in [1.807, 2.05) is 55.5 Å². The Morgan fingerprint density at radius 2 is 1.62 bits per heavy atom. The van der Waals surface area contributed by atoms with Crippen LogP contribution in [0.1, 0.15) is 22.8 Å². The van der Waals surface area contributed by atoms with Crippen molar-refractivity contribution in [3.05, 3.63) is 65.2 Å². The molecule has 0 aliphatic heterocycles. The highest BCUT2D eigenvalue weighted by molar-refractivity contribution is 7.80. The summed E-state index contributed by atoms with van der Waals surface area (Å²) >= 11 is 4.43. The molecule has 1 N–H and O–H groups in total. The second-order valence-electron chi connectivity index (χ2n) is 5.02. The highest BCUT2D eigenvalue weighted by atomic mass is 32.3. The maximum atomic E-state index is 11.5. The maximum absolute atomic E-state index is 11.5. The predicted octanol–water partition coefficient (Wildman–Crippen LogP) is 3.59. The van der Waals surface area contributed by atoms with E-state index < -0.39 is 22.7 Å². The van der Waals surface area contributed by atoms with Crippen molar-refractivity contribution in [2.75, 3.05) is 14.2 Å². The van der Waals surface area contributed by atoms with Crippen LogP contribution in [0.25, 0.3) is 0 Å². The van der Waals surface area contributed by atoms with Gasteiger partial charge in [-0.15, -0.1) is 12.6 Å². The third-order valence-electron chi connectivity index (χ3n) is 3.19. The fourth-order valence-corrected chi connectivity index (χ4v) is 2.18. The lowest BCUT2D eigenvalue weighted by Crippen LogP contribution is -2.13. The highest BCUT2D eigenvalue weighted by Gasteiger charge is 2.21. The van der Waals surface area contributed by atoms with E-state index in [-0.39, 0.29) is 0 Å². The molecule has 0 radical (unpaired) electrons. The third-order valence-corrected chi connectivity index (χ3v) is 4.02. The second kappa shape index (κ2) is 10.2. The molecule has 0 aliphatic rings. The molecule has 2 aromatic rings. The van der Waals surface area contributed by atoms with Crippen molar-refractivity contribution in [2.45, 2.75) is 17.9 Å². The van der Waals surface area contributed by atoms with Gasteiger partial charge in [0.1, 0.15) is 0 Å². The zero-order valence-electron chi connectivity index (χ0n) is 14.4. The van der Waals surface area contributed by atoms with Gasteiger partial charge in [-0.2, -0.15) is 8.42 Å². The number of aryl methyl sites for hydroxylation is 1. The number of carbonyl (C=O) groups is 1. The number of hydrogen-bond donors (Lipinski definition) is 2. The van der Waals surface area contributed by atoms with Gasteiger partial charge in [-0.3, -0.25) is 8.74 Å². The highest BCUT2D eigenvalue weighted by Crippen LogP contribution is 2.30. The molecule has 1 atom stereocenters. The molecule has 0 saturated carbocycles. The smallest absolute Gasteiger partial charge is 0.438 e. The second-order valence-corrected chi connectivity index (χ2v) is 6.69. The van der Waals surface area contributed by atoms with Gasteiger partial charge in [0, 0.05) is 10.5 Å². The number of benzene rings is 2. The molecular formula is C17H20O7S2. The topological polar surface area (TPSA) is 99.1 Å². The molecule has 0 amide bonds. The molecule has 2 aromatic carbocycles. The van der Waals surface area contributed by atoms with E-state index in [0.717, 1.165) is 28.7 Å². The van der Waals surface area contributed by atoms with Crippen LogP contribution in [0.2, 0.25) is 0 Å². The zero-order chi connectivity index (χ0) is 19.7. The molecule has 1 unspecified atom stereocenters. The average Bonchev–Trinajstić information content (AvgIpc) is 2.61. The first kappa shape index (κ1) is 22.0. The summed E-state index contributed by atoms with van der Waals surface area (Å²) in [5.74, 6) is 0. The Hall–Kier alpha value is -2.07. The summed E-state index contributed by atoms with van der Waals surface area (Å²) in [7, 11) is -2.00. The van der Waals surface area contributed by atoms with Crippen LogP contribution in [0.4, 0.5) is 4.79 Å². The van der Waals surface area contributed by atoms with Crippen molar-refractivity contribution in [1.82, 2.24) is 0 Å². The monoisotopic (exact) mass is 400 g/mol. The van der Waals surface area contributed by atoms with Crippen molar-refractivity contribution < 1.29 is 31.4 Å². The lowest BCUT2D eigenvalue weighted by atomic mass is 10.0. The van der Waals surface area contributed by atoms with E-state index >= 15 is 0 Å². The van der Waals surface area contributed by atoms with Crippen LogP contribution in [0, 0.1) is 6.92 Å². The molecule has 2 rings (SSSR count). The van der Waals surface area contributed by atoms with Gasteiger partial charge >= 0.3 is 16.6 Å². The van der Waals surface area contributed by atoms with Crippen molar-refractivity contribution in [1.29, 1.82) is 0 Å². The van der Waals surface area contributed by atoms with E-state index in [1.165, 1.54) is 7.11 Å². The Labute approximate surface area is 158 Å². The number of methoxy groups -OCH3 is 1. The number of hydrogen-bond acceptors (Lipinski definition) is 7. The van der Waals surface area contributed by atoms with Gasteiger partial charge in [-0.25, -0.2) is 4.79 Å². The number of ether oxygens (including phenoxy) is 2. The van der Waals surface area contributed by atoms with Gasteiger partial charge in [-0.05, 0) is 18.6 Å². The Morgan fingerprint density at radius 1 is 1.08 bits per heavy atom. The van der Waals surface area contributed by atoms with Crippen molar-refractivity contribution in [3.63, 3.8) is 0 Å². The van der Waals surface area contributed by atoms with Gasteiger partial charge in [0.15, 0.2) is 6.10 Å². The largest absolute Gasteiger partial charge is 0.508 e. The Balaban J connectivity index is 0.000000487. The quantitative estimate of drug-likeness (QED) is 0.460. The minimum absolute atomic E-state index is 0.531. The van der Waals surface area contributed by atoms with Crippen LogP contribution in [0.15, 0.2) is 53.4 Å². The minimum Gasteiger partial charge on any atom is -0.438 e. The van der Waals surface area contributed by atoms with E-state index in [4.69, 9.17) is 9.29 Å². The lowest BCUT2D eigenvalue weighted by Gasteiger charge is -2.19. The first-order valence-electron chi connectivity index (χ1n) is 7.30. The summed E-state index contributed by atoms with van der Waals surface area (Å²) in [4.78, 5) is 12.2. The molecule has 0 fully saturated rings. The molecule has 142 valence electrons. The number of carbonyl (C=O) groups excluding carboxylic acids is 1. The minimum atomic E-state index is -4.16. The zero-order valence-corrected chi connectivity index (χ0v) is 16.2. The normalized spacial score (nSPS) is 11.7. The van der Waals surface area contributed by atoms with E-state index in [1.54, 1.807) is 0 Å². The Morgan fingerprint density at radius 3 is 2.08 bits per heavy atom. The number of thiol groups is 1. The molecule has 9 heteroatoms. The molecule has 0 heterocycles. The molecular weight excluding hydrogens is 380 g/mol. The maximum Gasteiger partial charge on any atom is 0.508 e. The summed E-state index contributed by atoms with van der Waals surface area (Å²) < 4.78 is 39.7. The molecule has 0 aliphatic carbocycles. The van der Waals surface area contributed by atoms with Gasteiger partial charge in [-0.1, -0.05) is 48.0 Å². The van der Waals surface area contributed by atoms with Crippen LogP contribution in [-0.4, -0.2) is 33.3 Å². The van der Waals surface area contributed by atoms with Crippen LogP contribution in [0.3, 0.4) is 0 Å². The first-order valence-corrected chi connectivity index (χ1v) is 9.11. The van der Waals surface area contributed by atoms with Crippen molar-refractivity contribution >= 4 is 29.2 Å². The predicted molar refractivity (Wildman–Crippen MR) is 98.8 cm³/mol. The van der Waals surface area contributed by atoms with E-state index in [2.05, 4.69) is 21.5 Å². The molecule has 0 aromatic heterocycles. The van der Waals surface area contributed by atoms with Crippen molar-refractivity contribution in [2.24, 2.45) is 0 Å². The fourth-order valence-electron chi connectivity index (χ4n) is 1.91.